The summed E-state index contributed by atoms with van der Waals surface area (Å²) in [5.41, 5.74) is 1.59. The molecule has 0 radical (unpaired) electrons. The van der Waals surface area contributed by atoms with Gasteiger partial charge < -0.3 is 18.8 Å². The van der Waals surface area contributed by atoms with Gasteiger partial charge in [-0.2, -0.15) is 5.10 Å². The van der Waals surface area contributed by atoms with Gasteiger partial charge in [0.25, 0.3) is 0 Å². The van der Waals surface area contributed by atoms with E-state index in [-0.39, 0.29) is 18.2 Å². The average Bonchev–Trinajstić information content (AvgIpc) is 3.53. The van der Waals surface area contributed by atoms with Crippen molar-refractivity contribution in [2.24, 2.45) is 0 Å². The van der Waals surface area contributed by atoms with Crippen LogP contribution in [-0.4, -0.2) is 51.1 Å². The van der Waals surface area contributed by atoms with E-state index in [1.807, 2.05) is 43.9 Å². The number of rotatable bonds is 6. The van der Waals surface area contributed by atoms with E-state index in [9.17, 15) is 4.79 Å². The van der Waals surface area contributed by atoms with Crippen molar-refractivity contribution in [1.82, 2.24) is 19.7 Å². The lowest BCUT2D eigenvalue weighted by atomic mass is 9.95. The van der Waals surface area contributed by atoms with Crippen molar-refractivity contribution >= 4 is 44.5 Å². The van der Waals surface area contributed by atoms with E-state index in [0.717, 1.165) is 95.6 Å². The van der Waals surface area contributed by atoms with Gasteiger partial charge in [-0.05, 0) is 93.3 Å². The Hall–Kier alpha value is -2.10. The molecule has 2 saturated heterocycles. The lowest BCUT2D eigenvalue weighted by Crippen LogP contribution is -2.41. The van der Waals surface area contributed by atoms with Gasteiger partial charge in [-0.25, -0.2) is 14.5 Å². The largest absolute Gasteiger partial charge is 0.445 e. The molecule has 0 saturated carbocycles. The lowest BCUT2D eigenvalue weighted by molar-refractivity contribution is -0.0366. The SMILES string of the molecule is CC(C)(C)OC(=O)N1CCC(c2cnc(CCCc3c(Cl)cc4c(cnn4C4CCCCO4)c3Br)o2)CC1. The highest BCUT2D eigenvalue weighted by molar-refractivity contribution is 9.10. The van der Waals surface area contributed by atoms with Gasteiger partial charge in [-0.1, -0.05) is 11.6 Å². The van der Waals surface area contributed by atoms with Crippen LogP contribution >= 0.6 is 27.5 Å². The molecule has 0 spiro atoms. The maximum atomic E-state index is 12.3. The molecule has 1 atom stereocenters. The van der Waals surface area contributed by atoms with Gasteiger partial charge in [0.2, 0.25) is 0 Å². The summed E-state index contributed by atoms with van der Waals surface area (Å²) in [5.74, 6) is 1.91. The van der Waals surface area contributed by atoms with Crippen molar-refractivity contribution in [3.8, 4) is 0 Å². The molecule has 3 aromatic rings. The number of hydrogen-bond acceptors (Lipinski definition) is 6. The molecule has 1 unspecified atom stereocenters. The fourth-order valence-corrected chi connectivity index (χ4v) is 6.38. The summed E-state index contributed by atoms with van der Waals surface area (Å²) in [6.07, 6.45) is 10.8. The van der Waals surface area contributed by atoms with Crippen molar-refractivity contribution in [1.29, 1.82) is 0 Å². The zero-order chi connectivity index (χ0) is 26.9. The monoisotopic (exact) mass is 606 g/mol. The third-order valence-corrected chi connectivity index (χ3v) is 8.50. The summed E-state index contributed by atoms with van der Waals surface area (Å²) in [6, 6.07) is 2.01. The summed E-state index contributed by atoms with van der Waals surface area (Å²) in [5, 5.41) is 6.40. The number of carbonyl (C=O) groups is 1. The zero-order valence-electron chi connectivity index (χ0n) is 22.3. The van der Waals surface area contributed by atoms with E-state index in [1.54, 1.807) is 4.90 Å². The van der Waals surface area contributed by atoms with Crippen molar-refractivity contribution in [2.45, 2.75) is 89.9 Å². The molecule has 1 aromatic carbocycles. The number of likely N-dealkylation sites (tertiary alicyclic amines) is 1. The first-order valence-electron chi connectivity index (χ1n) is 13.6. The number of amides is 1. The van der Waals surface area contributed by atoms with E-state index in [0.29, 0.717) is 13.1 Å². The Morgan fingerprint density at radius 2 is 1.97 bits per heavy atom. The van der Waals surface area contributed by atoms with Crippen LogP contribution < -0.4 is 0 Å². The number of carbonyl (C=O) groups excluding carboxylic acids is 1. The summed E-state index contributed by atoms with van der Waals surface area (Å²) >= 11 is 10.5. The minimum Gasteiger partial charge on any atom is -0.445 e. The maximum Gasteiger partial charge on any atom is 0.410 e. The van der Waals surface area contributed by atoms with Crippen LogP contribution in [0.4, 0.5) is 4.79 Å². The van der Waals surface area contributed by atoms with Gasteiger partial charge in [0.15, 0.2) is 12.1 Å². The molecule has 5 rings (SSSR count). The van der Waals surface area contributed by atoms with Gasteiger partial charge in [0.1, 0.15) is 11.4 Å². The van der Waals surface area contributed by atoms with Gasteiger partial charge in [0, 0.05) is 46.9 Å². The Morgan fingerprint density at radius 3 is 2.68 bits per heavy atom. The Labute approximate surface area is 237 Å². The third kappa shape index (κ3) is 6.20. The van der Waals surface area contributed by atoms with E-state index in [1.165, 1.54) is 0 Å². The first-order chi connectivity index (χ1) is 18.2. The molecular formula is C28H36BrClN4O4. The molecule has 8 nitrogen and oxygen atoms in total. The Bertz CT molecular complexity index is 1270. The first kappa shape index (κ1) is 27.5. The zero-order valence-corrected chi connectivity index (χ0v) is 24.7. The number of benzene rings is 1. The lowest BCUT2D eigenvalue weighted by Gasteiger charge is -2.32. The summed E-state index contributed by atoms with van der Waals surface area (Å²) < 4.78 is 20.5. The molecule has 0 aliphatic carbocycles. The molecule has 0 N–H and O–H groups in total. The number of fused-ring (bicyclic) bond motifs is 1. The van der Waals surface area contributed by atoms with Crippen LogP contribution in [0.2, 0.25) is 5.02 Å². The van der Waals surface area contributed by atoms with Crippen LogP contribution in [0, 0.1) is 0 Å². The average molecular weight is 608 g/mol. The minimum absolute atomic E-state index is 0.0289. The standard InChI is InChI=1S/C28H36BrClN4O4/c1-28(2,3)38-27(35)33-12-10-18(11-13-33)23-17-31-24(37-23)8-6-7-19-21(30)15-22-20(26(19)29)16-32-34(22)25-9-4-5-14-36-25/h15-18,25H,4-14H2,1-3H3. The number of aryl methyl sites for hydroxylation is 1. The molecular weight excluding hydrogens is 572 g/mol. The van der Waals surface area contributed by atoms with Crippen LogP contribution in [0.15, 0.2) is 27.3 Å². The van der Waals surface area contributed by atoms with Crippen LogP contribution in [-0.2, 0) is 22.3 Å². The molecule has 0 bridgehead atoms. The van der Waals surface area contributed by atoms with E-state index in [2.05, 4.69) is 26.0 Å². The van der Waals surface area contributed by atoms with Crippen molar-refractivity contribution < 1.29 is 18.7 Å². The second-order valence-corrected chi connectivity index (χ2v) is 12.4. The second kappa shape index (κ2) is 11.6. The molecule has 2 aromatic heterocycles. The molecule has 206 valence electrons. The van der Waals surface area contributed by atoms with Crippen LogP contribution in [0.25, 0.3) is 10.9 Å². The predicted molar refractivity (Wildman–Crippen MR) is 150 cm³/mol. The molecule has 2 fully saturated rings. The summed E-state index contributed by atoms with van der Waals surface area (Å²) in [7, 11) is 0. The smallest absolute Gasteiger partial charge is 0.410 e. The van der Waals surface area contributed by atoms with Gasteiger partial charge in [-0.15, -0.1) is 0 Å². The highest BCUT2D eigenvalue weighted by Gasteiger charge is 2.29. The number of hydrogen-bond donors (Lipinski definition) is 0. The van der Waals surface area contributed by atoms with Crippen molar-refractivity contribution in [3.63, 3.8) is 0 Å². The number of oxazole rings is 1. The Balaban J connectivity index is 1.16. The van der Waals surface area contributed by atoms with E-state index in [4.69, 9.17) is 25.5 Å². The van der Waals surface area contributed by atoms with E-state index < -0.39 is 5.60 Å². The second-order valence-electron chi connectivity index (χ2n) is 11.2. The number of nitrogens with zero attached hydrogens (tertiary/aromatic N) is 4. The number of aromatic nitrogens is 3. The van der Waals surface area contributed by atoms with Crippen molar-refractivity contribution in [3.05, 3.63) is 45.2 Å². The van der Waals surface area contributed by atoms with Crippen LogP contribution in [0.3, 0.4) is 0 Å². The van der Waals surface area contributed by atoms with Gasteiger partial charge in [-0.3, -0.25) is 0 Å². The van der Waals surface area contributed by atoms with Gasteiger partial charge in [0.05, 0.1) is 17.9 Å². The van der Waals surface area contributed by atoms with Crippen LogP contribution in [0.1, 0.15) is 88.7 Å². The van der Waals surface area contributed by atoms with Crippen molar-refractivity contribution in [2.75, 3.05) is 19.7 Å². The fraction of sp³-hybridized carbons (Fsp3) is 0.607. The summed E-state index contributed by atoms with van der Waals surface area (Å²) in [6.45, 7) is 7.76. The number of halogens is 2. The summed E-state index contributed by atoms with van der Waals surface area (Å²) in [4.78, 5) is 18.6. The topological polar surface area (TPSA) is 82.6 Å². The maximum absolute atomic E-state index is 12.3. The van der Waals surface area contributed by atoms with Crippen LogP contribution in [0.5, 0.6) is 0 Å². The first-order valence-corrected chi connectivity index (χ1v) is 14.7. The Morgan fingerprint density at radius 1 is 1.18 bits per heavy atom. The third-order valence-electron chi connectivity index (χ3n) is 7.25. The quantitative estimate of drug-likeness (QED) is 0.290. The molecule has 1 amide bonds. The Kier molecular flexibility index (Phi) is 8.36. The molecule has 2 aliphatic rings. The van der Waals surface area contributed by atoms with E-state index >= 15 is 0 Å². The minimum atomic E-state index is -0.481. The highest BCUT2D eigenvalue weighted by atomic mass is 79.9. The molecule has 10 heteroatoms. The molecule has 4 heterocycles. The highest BCUT2D eigenvalue weighted by Crippen LogP contribution is 2.37. The number of ether oxygens (including phenoxy) is 2. The number of piperidine rings is 1. The fourth-order valence-electron chi connectivity index (χ4n) is 5.25. The van der Waals surface area contributed by atoms with Gasteiger partial charge >= 0.3 is 6.09 Å². The predicted octanol–water partition coefficient (Wildman–Crippen LogP) is 7.43. The molecule has 2 aliphatic heterocycles. The normalized spacial score (nSPS) is 19.3. The molecule has 38 heavy (non-hydrogen) atoms.